The van der Waals surface area contributed by atoms with Gasteiger partial charge in [0, 0.05) is 55.5 Å². The highest BCUT2D eigenvalue weighted by Gasteiger charge is 2.50. The number of amides is 1. The number of halogens is 6. The molecular formula is C51H58F6N8O7S. The monoisotopic (exact) mass is 1040 g/mol. The Morgan fingerprint density at radius 1 is 1.05 bits per heavy atom. The molecule has 0 spiro atoms. The number of hydrogen-bond donors (Lipinski definition) is 3. The molecule has 22 heteroatoms. The van der Waals surface area contributed by atoms with Crippen LogP contribution in [0.2, 0.25) is 0 Å². The van der Waals surface area contributed by atoms with E-state index in [1.54, 1.807) is 32.9 Å². The fraction of sp³-hybridized carbons (Fsp3) is 0.549. The van der Waals surface area contributed by atoms with Crippen LogP contribution in [0.3, 0.4) is 0 Å². The standard InChI is InChI=1S/C51H58F6N8O7S/c1-49(2,3)72-48(66)64-46-32(25-58)36-31(11-12-33(53)43(36)73-46)37-39(51(55,56)57)42(70-23-22-69-35-9-4-5-19-68-35)38-41(40(37)54)62-47(71-27-50-16-7-18-65(50)26-29(52)24-50)63-45(38)61-34(30-8-6-17-60-44(30)59)13-10-28-14-20-67-21-15-28/h6,8,11-12,17,28-29,34-35H,4-5,7,9-10,13-16,18-24,26-27H2,1-3H3,(H2,59,60)(H,64,66)(H,61,62,63)/t29-,34-,35?,50+/m1/s1. The van der Waals surface area contributed by atoms with Gasteiger partial charge in [0.1, 0.15) is 70.3 Å². The molecule has 5 aromatic rings. The van der Waals surface area contributed by atoms with Gasteiger partial charge in [-0.2, -0.15) is 28.4 Å². The van der Waals surface area contributed by atoms with Crippen LogP contribution in [0.4, 0.5) is 47.8 Å². The number of nitrogens with two attached hydrogens (primary N) is 1. The second kappa shape index (κ2) is 21.6. The lowest BCUT2D eigenvalue weighted by Crippen LogP contribution is -2.43. The maximum absolute atomic E-state index is 18.4. The van der Waals surface area contributed by atoms with Gasteiger partial charge in [-0.15, -0.1) is 11.3 Å². The number of alkyl halides is 4. The maximum Gasteiger partial charge on any atom is 0.420 e. The van der Waals surface area contributed by atoms with E-state index >= 15 is 26.3 Å². The summed E-state index contributed by atoms with van der Waals surface area (Å²) in [7, 11) is 0. The first kappa shape index (κ1) is 52.1. The maximum atomic E-state index is 18.4. The van der Waals surface area contributed by atoms with Crippen molar-refractivity contribution in [2.75, 3.05) is 69.1 Å². The van der Waals surface area contributed by atoms with E-state index in [2.05, 4.69) is 20.6 Å². The number of benzene rings is 2. The quantitative estimate of drug-likeness (QED) is 0.0625. The number of nitrogens with one attached hydrogen (secondary N) is 2. The highest BCUT2D eigenvalue weighted by atomic mass is 32.1. The molecule has 7 heterocycles. The van der Waals surface area contributed by atoms with E-state index in [1.807, 2.05) is 11.0 Å². The molecule has 2 aromatic carbocycles. The SMILES string of the molecule is CC(C)(C)OC(=O)Nc1sc2c(F)ccc(-c3c(C(F)(F)F)c(OCCOC4CCCCO4)c4c(N[C@H](CCC5CCOCC5)c5cccnc5N)nc(OC[C@@]56CCCN5C[C@H](F)C6)nc4c3F)c2c1C#N. The second-order valence-electron chi connectivity index (χ2n) is 20.0. The molecule has 0 saturated carbocycles. The predicted octanol–water partition coefficient (Wildman–Crippen LogP) is 11.2. The van der Waals surface area contributed by atoms with E-state index < -0.39 is 110 Å². The van der Waals surface area contributed by atoms with Crippen LogP contribution in [-0.2, 0) is 25.1 Å². The van der Waals surface area contributed by atoms with Gasteiger partial charge in [-0.05, 0) is 109 Å². The van der Waals surface area contributed by atoms with Crippen molar-refractivity contribution in [3.05, 3.63) is 58.8 Å². The fourth-order valence-corrected chi connectivity index (χ4v) is 11.6. The fourth-order valence-electron chi connectivity index (χ4n) is 10.5. The summed E-state index contributed by atoms with van der Waals surface area (Å²) in [6.07, 6.45) is -0.435. The first-order valence-electron chi connectivity index (χ1n) is 24.7. The average Bonchev–Trinajstić information content (AvgIpc) is 4.01. The normalized spacial score (nSPS) is 21.3. The largest absolute Gasteiger partial charge is 0.490 e. The molecule has 0 radical (unpaired) electrons. The summed E-state index contributed by atoms with van der Waals surface area (Å²) in [5, 5.41) is 15.2. The molecular weight excluding hydrogens is 983 g/mol. The Bertz CT molecular complexity index is 2870. The molecule has 73 heavy (non-hydrogen) atoms. The topological polar surface area (TPSA) is 188 Å². The molecule has 1 unspecified atom stereocenters. The number of nitriles is 1. The Morgan fingerprint density at radius 3 is 2.59 bits per heavy atom. The molecule has 4 N–H and O–H groups in total. The number of aromatic nitrogens is 3. The van der Waals surface area contributed by atoms with Crippen molar-refractivity contribution < 1.29 is 59.6 Å². The van der Waals surface area contributed by atoms with Gasteiger partial charge < -0.3 is 39.5 Å². The van der Waals surface area contributed by atoms with Crippen molar-refractivity contribution in [2.24, 2.45) is 5.92 Å². The van der Waals surface area contributed by atoms with Crippen LogP contribution < -0.4 is 25.8 Å². The zero-order chi connectivity index (χ0) is 51.7. The van der Waals surface area contributed by atoms with Crippen LogP contribution >= 0.6 is 11.3 Å². The predicted molar refractivity (Wildman–Crippen MR) is 261 cm³/mol. The number of nitrogens with zero attached hydrogens (tertiary/aromatic N) is 5. The zero-order valence-corrected chi connectivity index (χ0v) is 41.6. The summed E-state index contributed by atoms with van der Waals surface area (Å²) in [6, 6.07) is 5.86. The average molecular weight is 1040 g/mol. The van der Waals surface area contributed by atoms with E-state index in [9.17, 15) is 10.1 Å². The van der Waals surface area contributed by atoms with Gasteiger partial charge in [0.2, 0.25) is 0 Å². The van der Waals surface area contributed by atoms with Crippen LogP contribution in [0.15, 0.2) is 30.5 Å². The van der Waals surface area contributed by atoms with Gasteiger partial charge in [0.05, 0.1) is 33.8 Å². The first-order valence-corrected chi connectivity index (χ1v) is 25.5. The number of carbonyl (C=O) groups excluding carboxylic acids is 1. The molecule has 0 aliphatic carbocycles. The van der Waals surface area contributed by atoms with E-state index in [1.165, 1.54) is 6.20 Å². The Balaban J connectivity index is 1.27. The molecule has 3 aromatic heterocycles. The van der Waals surface area contributed by atoms with E-state index in [0.717, 1.165) is 44.2 Å². The smallest absolute Gasteiger partial charge is 0.420 e. The summed E-state index contributed by atoms with van der Waals surface area (Å²) >= 11 is 0.565. The Labute approximate surface area is 422 Å². The van der Waals surface area contributed by atoms with Crippen LogP contribution in [0.1, 0.15) is 108 Å². The first-order chi connectivity index (χ1) is 34.9. The van der Waals surface area contributed by atoms with Gasteiger partial charge in [-0.1, -0.05) is 12.1 Å². The van der Waals surface area contributed by atoms with Crippen LogP contribution in [0.25, 0.3) is 32.1 Å². The van der Waals surface area contributed by atoms with E-state index in [4.69, 9.17) is 39.1 Å². The van der Waals surface area contributed by atoms with Crippen molar-refractivity contribution in [2.45, 2.75) is 121 Å². The lowest BCUT2D eigenvalue weighted by molar-refractivity contribution is -0.166. The minimum absolute atomic E-state index is 0.118. The van der Waals surface area contributed by atoms with E-state index in [0.29, 0.717) is 68.9 Å². The summed E-state index contributed by atoms with van der Waals surface area (Å²) in [6.45, 7) is 6.30. The van der Waals surface area contributed by atoms with Crippen LogP contribution in [-0.4, -0.2) is 102 Å². The molecule has 0 bridgehead atoms. The molecule has 1 amide bonds. The molecule has 392 valence electrons. The summed E-state index contributed by atoms with van der Waals surface area (Å²) in [5.74, 6) is -3.33. The van der Waals surface area contributed by atoms with Gasteiger partial charge >= 0.3 is 18.3 Å². The van der Waals surface area contributed by atoms with Gasteiger partial charge in [-0.3, -0.25) is 10.2 Å². The van der Waals surface area contributed by atoms with Crippen LogP contribution in [0, 0.1) is 28.9 Å². The minimum atomic E-state index is -5.42. The number of pyridine rings is 1. The Hall–Kier alpha value is -5.73. The molecule has 4 aliphatic heterocycles. The molecule has 15 nitrogen and oxygen atoms in total. The minimum Gasteiger partial charge on any atom is -0.490 e. The second-order valence-corrected chi connectivity index (χ2v) is 21.0. The Kier molecular flexibility index (Phi) is 15.4. The third kappa shape index (κ3) is 11.4. The lowest BCUT2D eigenvalue weighted by atomic mass is 9.90. The van der Waals surface area contributed by atoms with Gasteiger partial charge in [0.15, 0.2) is 12.1 Å². The number of ether oxygens (including phenoxy) is 6. The molecule has 4 aliphatic rings. The summed E-state index contributed by atoms with van der Waals surface area (Å²) in [5.41, 5.74) is 0.810. The summed E-state index contributed by atoms with van der Waals surface area (Å²) < 4.78 is 133. The van der Waals surface area contributed by atoms with Crippen molar-refractivity contribution in [1.29, 1.82) is 5.26 Å². The third-order valence-corrected chi connectivity index (χ3v) is 15.0. The molecule has 4 saturated heterocycles. The molecule has 4 atom stereocenters. The molecule has 4 fully saturated rings. The molecule has 9 rings (SSSR count). The summed E-state index contributed by atoms with van der Waals surface area (Å²) in [4.78, 5) is 28.5. The van der Waals surface area contributed by atoms with Crippen molar-refractivity contribution in [3.8, 4) is 29.0 Å². The number of rotatable bonds is 16. The number of carbonyl (C=O) groups is 1. The van der Waals surface area contributed by atoms with Crippen molar-refractivity contribution in [1.82, 2.24) is 19.9 Å². The highest BCUT2D eigenvalue weighted by Crippen LogP contribution is 2.53. The van der Waals surface area contributed by atoms with E-state index in [-0.39, 0.29) is 53.4 Å². The number of fused-ring (bicyclic) bond motifs is 3. The Morgan fingerprint density at radius 2 is 1.86 bits per heavy atom. The van der Waals surface area contributed by atoms with Crippen molar-refractivity contribution >= 4 is 55.1 Å². The third-order valence-electron chi connectivity index (χ3n) is 13.9. The number of hydrogen-bond acceptors (Lipinski definition) is 15. The van der Waals surface area contributed by atoms with Gasteiger partial charge in [-0.25, -0.2) is 22.9 Å². The highest BCUT2D eigenvalue weighted by molar-refractivity contribution is 7.23. The number of anilines is 3. The number of nitrogen functional groups attached to an aromatic ring is 1. The van der Waals surface area contributed by atoms with Crippen LogP contribution in [0.5, 0.6) is 11.8 Å². The number of thiophene rings is 1. The zero-order valence-electron chi connectivity index (χ0n) is 40.8. The van der Waals surface area contributed by atoms with Crippen molar-refractivity contribution in [3.63, 3.8) is 0 Å². The lowest BCUT2D eigenvalue weighted by Gasteiger charge is -2.31. The van der Waals surface area contributed by atoms with Gasteiger partial charge in [0.25, 0.3) is 0 Å².